The van der Waals surface area contributed by atoms with Crippen molar-refractivity contribution in [2.24, 2.45) is 11.7 Å². The number of carbonyl (C=O) groups is 3. The second kappa shape index (κ2) is 8.72. The van der Waals surface area contributed by atoms with Gasteiger partial charge in [0.1, 0.15) is 17.7 Å². The van der Waals surface area contributed by atoms with Gasteiger partial charge in [0.05, 0.1) is 18.4 Å². The highest BCUT2D eigenvalue weighted by Gasteiger charge is 2.49. The maximum absolute atomic E-state index is 12.6. The number of amides is 3. The van der Waals surface area contributed by atoms with E-state index in [1.54, 1.807) is 0 Å². The number of hydrogen-bond donors (Lipinski definition) is 6. The predicted molar refractivity (Wildman–Crippen MR) is 96.7 cm³/mol. The van der Waals surface area contributed by atoms with E-state index in [2.05, 4.69) is 10.6 Å². The Balaban J connectivity index is 2.12. The SMILES string of the molecule is CC(C)CC(NC(=O)C1(O)CC(O)C(O)C(NC(=O)c2ccco2)C1)C(N)=O. The number of hydrogen-bond acceptors (Lipinski definition) is 7. The summed E-state index contributed by atoms with van der Waals surface area (Å²) in [5.41, 5.74) is 3.20. The van der Waals surface area contributed by atoms with Gasteiger partial charge in [-0.05, 0) is 24.5 Å². The Kier molecular flexibility index (Phi) is 6.81. The van der Waals surface area contributed by atoms with Crippen molar-refractivity contribution >= 4 is 17.7 Å². The van der Waals surface area contributed by atoms with E-state index >= 15 is 0 Å². The van der Waals surface area contributed by atoms with Gasteiger partial charge >= 0.3 is 0 Å². The molecule has 0 spiro atoms. The molecule has 5 atom stereocenters. The second-order valence-electron chi connectivity index (χ2n) is 7.61. The van der Waals surface area contributed by atoms with Crippen LogP contribution in [-0.4, -0.2) is 62.9 Å². The highest BCUT2D eigenvalue weighted by Crippen LogP contribution is 2.30. The van der Waals surface area contributed by atoms with Crippen molar-refractivity contribution in [2.75, 3.05) is 0 Å². The summed E-state index contributed by atoms with van der Waals surface area (Å²) in [6, 6.07) is 0.804. The van der Waals surface area contributed by atoms with Crippen molar-refractivity contribution in [2.45, 2.75) is 63.0 Å². The van der Waals surface area contributed by atoms with Gasteiger partial charge < -0.3 is 36.1 Å². The summed E-state index contributed by atoms with van der Waals surface area (Å²) in [6.07, 6.45) is -2.11. The third-order valence-corrected chi connectivity index (χ3v) is 4.75. The van der Waals surface area contributed by atoms with Crippen molar-refractivity contribution < 1.29 is 34.1 Å². The fraction of sp³-hybridized carbons (Fsp3) is 0.611. The first-order chi connectivity index (χ1) is 13.0. The fourth-order valence-corrected chi connectivity index (χ4v) is 3.28. The zero-order valence-corrected chi connectivity index (χ0v) is 15.8. The second-order valence-corrected chi connectivity index (χ2v) is 7.61. The van der Waals surface area contributed by atoms with Gasteiger partial charge in [-0.1, -0.05) is 13.8 Å². The number of furan rings is 1. The zero-order chi connectivity index (χ0) is 21.1. The molecule has 7 N–H and O–H groups in total. The van der Waals surface area contributed by atoms with E-state index in [1.807, 2.05) is 13.8 Å². The topological polar surface area (TPSA) is 175 Å². The molecule has 10 heteroatoms. The molecule has 3 amide bonds. The van der Waals surface area contributed by atoms with Crippen LogP contribution in [0.3, 0.4) is 0 Å². The molecule has 28 heavy (non-hydrogen) atoms. The number of nitrogens with one attached hydrogen (secondary N) is 2. The Morgan fingerprint density at radius 1 is 1.32 bits per heavy atom. The Labute approximate surface area is 162 Å². The van der Waals surface area contributed by atoms with Crippen LogP contribution in [0.15, 0.2) is 22.8 Å². The van der Waals surface area contributed by atoms with Crippen LogP contribution in [0.5, 0.6) is 0 Å². The number of aliphatic hydroxyl groups excluding tert-OH is 2. The minimum atomic E-state index is -2.11. The molecule has 1 aliphatic carbocycles. The van der Waals surface area contributed by atoms with Crippen LogP contribution in [0.1, 0.15) is 43.7 Å². The molecular formula is C18H27N3O7. The molecule has 2 rings (SSSR count). The summed E-state index contributed by atoms with van der Waals surface area (Å²) in [6.45, 7) is 3.69. The molecule has 0 bridgehead atoms. The van der Waals surface area contributed by atoms with Gasteiger partial charge in [0.25, 0.3) is 11.8 Å². The minimum absolute atomic E-state index is 0.0222. The average molecular weight is 397 g/mol. The fourth-order valence-electron chi connectivity index (χ4n) is 3.28. The van der Waals surface area contributed by atoms with Crippen LogP contribution in [0.4, 0.5) is 0 Å². The first-order valence-corrected chi connectivity index (χ1v) is 9.06. The minimum Gasteiger partial charge on any atom is -0.459 e. The maximum Gasteiger partial charge on any atom is 0.287 e. The lowest BCUT2D eigenvalue weighted by molar-refractivity contribution is -0.159. The van der Waals surface area contributed by atoms with Crippen LogP contribution in [0, 0.1) is 5.92 Å². The van der Waals surface area contributed by atoms with E-state index in [4.69, 9.17) is 10.2 Å². The quantitative estimate of drug-likeness (QED) is 0.329. The summed E-state index contributed by atoms with van der Waals surface area (Å²) < 4.78 is 4.96. The van der Waals surface area contributed by atoms with Gasteiger partial charge in [0.15, 0.2) is 5.76 Å². The normalized spacial score (nSPS) is 28.6. The lowest BCUT2D eigenvalue weighted by Gasteiger charge is -2.41. The summed E-state index contributed by atoms with van der Waals surface area (Å²) in [5, 5.41) is 35.9. The number of nitrogens with two attached hydrogens (primary N) is 1. The Bertz CT molecular complexity index is 706. The van der Waals surface area contributed by atoms with Gasteiger partial charge in [-0.15, -0.1) is 0 Å². The first-order valence-electron chi connectivity index (χ1n) is 9.06. The molecule has 5 unspecified atom stereocenters. The van der Waals surface area contributed by atoms with Gasteiger partial charge in [0, 0.05) is 12.8 Å². The Morgan fingerprint density at radius 2 is 2.00 bits per heavy atom. The Morgan fingerprint density at radius 3 is 2.54 bits per heavy atom. The molecule has 0 aliphatic heterocycles. The molecule has 1 fully saturated rings. The average Bonchev–Trinajstić information content (AvgIpc) is 3.12. The lowest BCUT2D eigenvalue weighted by atomic mass is 9.77. The van der Waals surface area contributed by atoms with E-state index in [1.165, 1.54) is 18.4 Å². The highest BCUT2D eigenvalue weighted by molar-refractivity contribution is 5.92. The van der Waals surface area contributed by atoms with Crippen LogP contribution >= 0.6 is 0 Å². The number of rotatable bonds is 7. The summed E-state index contributed by atoms with van der Waals surface area (Å²) in [4.78, 5) is 36.4. The van der Waals surface area contributed by atoms with Crippen molar-refractivity contribution in [3.8, 4) is 0 Å². The monoisotopic (exact) mass is 397 g/mol. The third kappa shape index (κ3) is 5.09. The first kappa shape index (κ1) is 21.9. The number of aliphatic hydroxyl groups is 3. The van der Waals surface area contributed by atoms with Gasteiger partial charge in [0.2, 0.25) is 5.91 Å². The molecule has 0 saturated heterocycles. The molecule has 1 aromatic heterocycles. The summed E-state index contributed by atoms with van der Waals surface area (Å²) in [7, 11) is 0. The van der Waals surface area contributed by atoms with Crippen molar-refractivity contribution in [1.82, 2.24) is 10.6 Å². The molecule has 1 aliphatic rings. The van der Waals surface area contributed by atoms with Crippen LogP contribution < -0.4 is 16.4 Å². The lowest BCUT2D eigenvalue weighted by Crippen LogP contribution is -2.64. The van der Waals surface area contributed by atoms with Gasteiger partial charge in [-0.3, -0.25) is 14.4 Å². The van der Waals surface area contributed by atoms with Crippen LogP contribution in [0.25, 0.3) is 0 Å². The van der Waals surface area contributed by atoms with Crippen LogP contribution in [-0.2, 0) is 9.59 Å². The zero-order valence-electron chi connectivity index (χ0n) is 15.8. The smallest absolute Gasteiger partial charge is 0.287 e. The molecule has 1 saturated carbocycles. The molecule has 156 valence electrons. The van der Waals surface area contributed by atoms with E-state index in [9.17, 15) is 29.7 Å². The van der Waals surface area contributed by atoms with E-state index < -0.39 is 54.0 Å². The Hall–Kier alpha value is -2.43. The van der Waals surface area contributed by atoms with Crippen molar-refractivity contribution in [1.29, 1.82) is 0 Å². The largest absolute Gasteiger partial charge is 0.459 e. The molecule has 0 radical (unpaired) electrons. The molecule has 1 heterocycles. The predicted octanol–water partition coefficient (Wildman–Crippen LogP) is -1.36. The van der Waals surface area contributed by atoms with Crippen molar-refractivity contribution in [3.63, 3.8) is 0 Å². The van der Waals surface area contributed by atoms with Crippen molar-refractivity contribution in [3.05, 3.63) is 24.2 Å². The molecule has 0 aromatic carbocycles. The number of primary amides is 1. The third-order valence-electron chi connectivity index (χ3n) is 4.75. The summed E-state index contributed by atoms with van der Waals surface area (Å²) in [5.74, 6) is -2.27. The summed E-state index contributed by atoms with van der Waals surface area (Å²) >= 11 is 0. The standard InChI is InChI=1S/C18H27N3O7/c1-9(2)6-10(15(19)24)21-17(26)18(27)7-11(14(23)12(22)8-18)20-16(25)13-4-3-5-28-13/h3-5,9-12,14,22-23,27H,6-8H2,1-2H3,(H2,19,24)(H,20,25)(H,21,26). The maximum atomic E-state index is 12.6. The number of carbonyl (C=O) groups excluding carboxylic acids is 3. The van der Waals surface area contributed by atoms with E-state index in [0.29, 0.717) is 0 Å². The highest BCUT2D eigenvalue weighted by atomic mass is 16.3. The van der Waals surface area contributed by atoms with E-state index in [0.717, 1.165) is 0 Å². The molecule has 10 nitrogen and oxygen atoms in total. The van der Waals surface area contributed by atoms with Gasteiger partial charge in [-0.25, -0.2) is 0 Å². The molecular weight excluding hydrogens is 370 g/mol. The molecule has 1 aromatic rings. The van der Waals surface area contributed by atoms with E-state index in [-0.39, 0.29) is 24.5 Å². The van der Waals surface area contributed by atoms with Gasteiger partial charge in [-0.2, -0.15) is 0 Å². The van der Waals surface area contributed by atoms with Crippen LogP contribution in [0.2, 0.25) is 0 Å².